The molecular weight excluding hydrogens is 266 g/mol. The molecule has 0 bridgehead atoms. The summed E-state index contributed by atoms with van der Waals surface area (Å²) < 4.78 is 0. The van der Waals surface area contributed by atoms with Crippen LogP contribution in [0, 0.1) is 0 Å². The lowest BCUT2D eigenvalue weighted by atomic mass is 9.97. The number of hydrogen-bond acceptors (Lipinski definition) is 3. The molecule has 1 saturated heterocycles. The van der Waals surface area contributed by atoms with Crippen LogP contribution in [0.15, 0.2) is 24.3 Å². The Morgan fingerprint density at radius 1 is 1.29 bits per heavy atom. The average Bonchev–Trinajstić information content (AvgIpc) is 2.41. The van der Waals surface area contributed by atoms with Gasteiger partial charge in [-0.3, -0.25) is 9.59 Å². The van der Waals surface area contributed by atoms with Gasteiger partial charge in [0, 0.05) is 25.2 Å². The van der Waals surface area contributed by atoms with E-state index >= 15 is 0 Å². The van der Waals surface area contributed by atoms with Gasteiger partial charge in [0.25, 0.3) is 5.91 Å². The molecule has 0 saturated carbocycles. The minimum atomic E-state index is -0.808. The van der Waals surface area contributed by atoms with Crippen LogP contribution < -0.4 is 5.32 Å². The molecule has 2 amide bonds. The van der Waals surface area contributed by atoms with Crippen LogP contribution in [0.25, 0.3) is 0 Å². The van der Waals surface area contributed by atoms with Crippen LogP contribution in [0.4, 0.5) is 0 Å². The Kier molecular flexibility index (Phi) is 4.32. The molecule has 0 atom stereocenters. The molecular formula is C16H23N3O2. The molecule has 2 rings (SSSR count). The van der Waals surface area contributed by atoms with E-state index in [0.717, 1.165) is 12.1 Å². The van der Waals surface area contributed by atoms with Crippen molar-refractivity contribution >= 4 is 11.8 Å². The van der Waals surface area contributed by atoms with Crippen molar-refractivity contribution in [3.05, 3.63) is 35.4 Å². The standard InChI is InChI=1S/C16H23N3O2/c1-16(2)15(21)17-9-10-19(16)14(20)13-7-5-12(6-8-13)11-18(3)4/h5-8H,9-11H2,1-4H3,(H,17,21). The van der Waals surface area contributed by atoms with E-state index in [2.05, 4.69) is 10.2 Å². The van der Waals surface area contributed by atoms with E-state index in [-0.39, 0.29) is 11.8 Å². The fourth-order valence-electron chi connectivity index (χ4n) is 2.53. The highest BCUT2D eigenvalue weighted by Crippen LogP contribution is 2.21. The SMILES string of the molecule is CN(C)Cc1ccc(C(=O)N2CCNC(=O)C2(C)C)cc1. The molecule has 1 N–H and O–H groups in total. The summed E-state index contributed by atoms with van der Waals surface area (Å²) in [5.41, 5.74) is 0.977. The van der Waals surface area contributed by atoms with Crippen LogP contribution in [-0.2, 0) is 11.3 Å². The van der Waals surface area contributed by atoms with Crippen molar-refractivity contribution in [2.24, 2.45) is 0 Å². The highest BCUT2D eigenvalue weighted by atomic mass is 16.2. The molecule has 0 aliphatic carbocycles. The average molecular weight is 289 g/mol. The van der Waals surface area contributed by atoms with E-state index in [9.17, 15) is 9.59 Å². The Balaban J connectivity index is 2.17. The van der Waals surface area contributed by atoms with Crippen LogP contribution in [0.1, 0.15) is 29.8 Å². The lowest BCUT2D eigenvalue weighted by Crippen LogP contribution is -2.63. The molecule has 0 radical (unpaired) electrons. The molecule has 1 heterocycles. The topological polar surface area (TPSA) is 52.7 Å². The number of benzene rings is 1. The summed E-state index contributed by atoms with van der Waals surface area (Å²) in [6, 6.07) is 7.60. The Hall–Kier alpha value is -1.88. The predicted octanol–water partition coefficient (Wildman–Crippen LogP) is 1.10. The normalized spacial score (nSPS) is 17.8. The number of nitrogens with one attached hydrogen (secondary N) is 1. The summed E-state index contributed by atoms with van der Waals surface area (Å²) >= 11 is 0. The van der Waals surface area contributed by atoms with Gasteiger partial charge in [-0.15, -0.1) is 0 Å². The van der Waals surface area contributed by atoms with Crippen molar-refractivity contribution in [3.8, 4) is 0 Å². The number of amides is 2. The monoisotopic (exact) mass is 289 g/mol. The third-order valence-electron chi connectivity index (χ3n) is 3.80. The van der Waals surface area contributed by atoms with Crippen molar-refractivity contribution < 1.29 is 9.59 Å². The maximum atomic E-state index is 12.6. The van der Waals surface area contributed by atoms with Gasteiger partial charge in [0.05, 0.1) is 0 Å². The Morgan fingerprint density at radius 2 is 1.90 bits per heavy atom. The molecule has 1 aliphatic heterocycles. The van der Waals surface area contributed by atoms with Gasteiger partial charge in [-0.1, -0.05) is 12.1 Å². The molecule has 0 aromatic heterocycles. The highest BCUT2D eigenvalue weighted by molar-refractivity contribution is 5.99. The van der Waals surface area contributed by atoms with E-state index in [1.165, 1.54) is 0 Å². The van der Waals surface area contributed by atoms with Gasteiger partial charge in [0.15, 0.2) is 0 Å². The molecule has 1 aromatic rings. The van der Waals surface area contributed by atoms with E-state index in [1.807, 2.05) is 38.4 Å². The molecule has 1 aromatic carbocycles. The zero-order chi connectivity index (χ0) is 15.6. The summed E-state index contributed by atoms with van der Waals surface area (Å²) in [5.74, 6) is -0.197. The minimum Gasteiger partial charge on any atom is -0.352 e. The minimum absolute atomic E-state index is 0.0914. The van der Waals surface area contributed by atoms with Gasteiger partial charge < -0.3 is 15.1 Å². The first-order chi connectivity index (χ1) is 9.82. The second kappa shape index (κ2) is 5.85. The summed E-state index contributed by atoms with van der Waals surface area (Å²) in [7, 11) is 4.02. The van der Waals surface area contributed by atoms with E-state index in [4.69, 9.17) is 0 Å². The van der Waals surface area contributed by atoms with E-state index < -0.39 is 5.54 Å². The Bertz CT molecular complexity index is 535. The zero-order valence-electron chi connectivity index (χ0n) is 13.1. The van der Waals surface area contributed by atoms with Crippen molar-refractivity contribution in [3.63, 3.8) is 0 Å². The first-order valence-electron chi connectivity index (χ1n) is 7.16. The molecule has 21 heavy (non-hydrogen) atoms. The summed E-state index contributed by atoms with van der Waals surface area (Å²) in [4.78, 5) is 28.3. The van der Waals surface area contributed by atoms with Crippen LogP contribution in [0.2, 0.25) is 0 Å². The van der Waals surface area contributed by atoms with Crippen LogP contribution >= 0.6 is 0 Å². The van der Waals surface area contributed by atoms with Gasteiger partial charge in [0.1, 0.15) is 5.54 Å². The number of rotatable bonds is 3. The molecule has 5 heteroatoms. The van der Waals surface area contributed by atoms with Crippen LogP contribution in [-0.4, -0.2) is 54.3 Å². The Labute approximate surface area is 125 Å². The second-order valence-electron chi connectivity index (χ2n) is 6.21. The maximum absolute atomic E-state index is 12.6. The summed E-state index contributed by atoms with van der Waals surface area (Å²) in [6.45, 7) is 5.44. The summed E-state index contributed by atoms with van der Waals surface area (Å²) in [6.07, 6.45) is 0. The number of carbonyl (C=O) groups excluding carboxylic acids is 2. The smallest absolute Gasteiger partial charge is 0.254 e. The van der Waals surface area contributed by atoms with Gasteiger partial charge in [-0.25, -0.2) is 0 Å². The van der Waals surface area contributed by atoms with Crippen LogP contribution in [0.3, 0.4) is 0 Å². The molecule has 0 spiro atoms. The van der Waals surface area contributed by atoms with Crippen molar-refractivity contribution in [1.29, 1.82) is 0 Å². The van der Waals surface area contributed by atoms with Gasteiger partial charge >= 0.3 is 0 Å². The predicted molar refractivity (Wildman–Crippen MR) is 82.0 cm³/mol. The first-order valence-corrected chi connectivity index (χ1v) is 7.16. The number of carbonyl (C=O) groups is 2. The van der Waals surface area contributed by atoms with Crippen molar-refractivity contribution in [2.75, 3.05) is 27.2 Å². The third-order valence-corrected chi connectivity index (χ3v) is 3.80. The number of nitrogens with zero attached hydrogens (tertiary/aromatic N) is 2. The lowest BCUT2D eigenvalue weighted by Gasteiger charge is -2.41. The molecule has 114 valence electrons. The van der Waals surface area contributed by atoms with Crippen molar-refractivity contribution in [1.82, 2.24) is 15.1 Å². The first kappa shape index (κ1) is 15.5. The fourth-order valence-corrected chi connectivity index (χ4v) is 2.53. The number of piperazine rings is 1. The molecule has 1 fully saturated rings. The van der Waals surface area contributed by atoms with Gasteiger partial charge in [0.2, 0.25) is 5.91 Å². The quantitative estimate of drug-likeness (QED) is 0.906. The molecule has 1 aliphatic rings. The largest absolute Gasteiger partial charge is 0.352 e. The fraction of sp³-hybridized carbons (Fsp3) is 0.500. The lowest BCUT2D eigenvalue weighted by molar-refractivity contribution is -0.133. The Morgan fingerprint density at radius 3 is 2.48 bits per heavy atom. The highest BCUT2D eigenvalue weighted by Gasteiger charge is 2.40. The van der Waals surface area contributed by atoms with E-state index in [1.54, 1.807) is 18.7 Å². The maximum Gasteiger partial charge on any atom is 0.254 e. The van der Waals surface area contributed by atoms with Gasteiger partial charge in [-0.05, 0) is 45.6 Å². The van der Waals surface area contributed by atoms with Gasteiger partial charge in [-0.2, -0.15) is 0 Å². The molecule has 5 nitrogen and oxygen atoms in total. The summed E-state index contributed by atoms with van der Waals surface area (Å²) in [5, 5.41) is 2.80. The molecule has 0 unspecified atom stereocenters. The second-order valence-corrected chi connectivity index (χ2v) is 6.21. The number of hydrogen-bond donors (Lipinski definition) is 1. The van der Waals surface area contributed by atoms with Crippen LogP contribution in [0.5, 0.6) is 0 Å². The third kappa shape index (κ3) is 3.24. The zero-order valence-corrected chi connectivity index (χ0v) is 13.1. The van der Waals surface area contributed by atoms with Crippen molar-refractivity contribution in [2.45, 2.75) is 25.9 Å². The van der Waals surface area contributed by atoms with E-state index in [0.29, 0.717) is 18.7 Å².